The number of rotatable bonds is 4. The van der Waals surface area contributed by atoms with Gasteiger partial charge in [-0.3, -0.25) is 9.69 Å². The molecule has 0 amide bonds. The van der Waals surface area contributed by atoms with Crippen molar-refractivity contribution >= 4 is 17.6 Å². The molecule has 0 bridgehead atoms. The van der Waals surface area contributed by atoms with Gasteiger partial charge in [0.05, 0.1) is 24.7 Å². The Labute approximate surface area is 158 Å². The fourth-order valence-corrected chi connectivity index (χ4v) is 4.47. The number of halogens is 1. The number of hydrogen-bond acceptors (Lipinski definition) is 3. The molecule has 136 valence electrons. The molecule has 0 spiro atoms. The highest BCUT2D eigenvalue weighted by Gasteiger charge is 2.49. The van der Waals surface area contributed by atoms with Gasteiger partial charge in [-0.05, 0) is 29.7 Å². The topological polar surface area (TPSA) is 49.8 Å². The third-order valence-corrected chi connectivity index (χ3v) is 6.04. The second-order valence-corrected chi connectivity index (χ2v) is 7.67. The Morgan fingerprint density at radius 1 is 1.15 bits per heavy atom. The summed E-state index contributed by atoms with van der Waals surface area (Å²) in [6.07, 6.45) is 0.636. The Kier molecular flexibility index (Phi) is 4.74. The number of aliphatic carboxylic acids is 1. The first-order valence-electron chi connectivity index (χ1n) is 8.97. The van der Waals surface area contributed by atoms with Gasteiger partial charge in [-0.1, -0.05) is 54.1 Å². The van der Waals surface area contributed by atoms with E-state index < -0.39 is 5.97 Å². The minimum atomic E-state index is -0.708. The zero-order valence-electron chi connectivity index (χ0n) is 14.5. The van der Waals surface area contributed by atoms with Gasteiger partial charge in [0, 0.05) is 24.0 Å². The minimum absolute atomic E-state index is 0.0286. The standard InChI is InChI=1S/C21H22ClNO3/c22-17-8-4-7-16(11-17)21(13-26-14-21)23-10-9-18(20(24)25)19(12-23)15-5-2-1-3-6-15/h1-8,11,18-19H,9-10,12-14H2,(H,24,25). The summed E-state index contributed by atoms with van der Waals surface area (Å²) in [6.45, 7) is 2.69. The number of carboxylic acids is 1. The van der Waals surface area contributed by atoms with Gasteiger partial charge in [0.15, 0.2) is 0 Å². The van der Waals surface area contributed by atoms with Crippen LogP contribution in [0.2, 0.25) is 5.02 Å². The van der Waals surface area contributed by atoms with Crippen LogP contribution < -0.4 is 0 Å². The molecule has 2 unspecified atom stereocenters. The Hall–Kier alpha value is -1.88. The van der Waals surface area contributed by atoms with E-state index in [-0.39, 0.29) is 17.4 Å². The van der Waals surface area contributed by atoms with E-state index in [1.807, 2.05) is 48.5 Å². The minimum Gasteiger partial charge on any atom is -0.481 e. The predicted molar refractivity (Wildman–Crippen MR) is 100 cm³/mol. The summed E-state index contributed by atoms with van der Waals surface area (Å²) in [5, 5.41) is 10.4. The van der Waals surface area contributed by atoms with E-state index in [1.165, 1.54) is 0 Å². The molecule has 2 aromatic rings. The number of nitrogens with zero attached hydrogens (tertiary/aromatic N) is 1. The summed E-state index contributed by atoms with van der Waals surface area (Å²) >= 11 is 6.22. The zero-order valence-corrected chi connectivity index (χ0v) is 15.2. The molecule has 4 rings (SSSR count). The van der Waals surface area contributed by atoms with Crippen molar-refractivity contribution in [3.8, 4) is 0 Å². The number of piperidine rings is 1. The Morgan fingerprint density at radius 3 is 2.54 bits per heavy atom. The molecule has 2 aromatic carbocycles. The molecule has 2 heterocycles. The number of benzene rings is 2. The monoisotopic (exact) mass is 371 g/mol. The SMILES string of the molecule is O=C(O)C1CCN(C2(c3cccc(Cl)c3)COC2)CC1c1ccccc1. The lowest BCUT2D eigenvalue weighted by Crippen LogP contribution is -2.62. The van der Waals surface area contributed by atoms with Gasteiger partial charge in [0.2, 0.25) is 0 Å². The van der Waals surface area contributed by atoms with Gasteiger partial charge >= 0.3 is 5.97 Å². The fourth-order valence-electron chi connectivity index (χ4n) is 4.28. The summed E-state index contributed by atoms with van der Waals surface area (Å²) in [7, 11) is 0. The van der Waals surface area contributed by atoms with Crippen molar-refractivity contribution in [1.29, 1.82) is 0 Å². The maximum atomic E-state index is 11.8. The molecule has 1 N–H and O–H groups in total. The second kappa shape index (κ2) is 7.03. The van der Waals surface area contributed by atoms with Crippen LogP contribution in [-0.2, 0) is 15.1 Å². The van der Waals surface area contributed by atoms with Gasteiger partial charge in [-0.25, -0.2) is 0 Å². The van der Waals surface area contributed by atoms with E-state index in [0.717, 1.165) is 17.7 Å². The summed E-state index contributed by atoms with van der Waals surface area (Å²) in [5.74, 6) is -1.09. The van der Waals surface area contributed by atoms with Gasteiger partial charge in [-0.15, -0.1) is 0 Å². The molecule has 2 fully saturated rings. The van der Waals surface area contributed by atoms with Crippen LogP contribution in [0.3, 0.4) is 0 Å². The van der Waals surface area contributed by atoms with Crippen LogP contribution in [-0.4, -0.2) is 42.3 Å². The molecule has 0 aliphatic carbocycles. The van der Waals surface area contributed by atoms with E-state index >= 15 is 0 Å². The van der Waals surface area contributed by atoms with E-state index in [1.54, 1.807) is 0 Å². The molecule has 0 saturated carbocycles. The summed E-state index contributed by atoms with van der Waals surface area (Å²) in [4.78, 5) is 14.2. The first-order valence-corrected chi connectivity index (χ1v) is 9.34. The van der Waals surface area contributed by atoms with Crippen LogP contribution in [0, 0.1) is 5.92 Å². The molecule has 4 nitrogen and oxygen atoms in total. The van der Waals surface area contributed by atoms with Crippen LogP contribution in [0.4, 0.5) is 0 Å². The van der Waals surface area contributed by atoms with E-state index in [4.69, 9.17) is 16.3 Å². The van der Waals surface area contributed by atoms with Crippen molar-refractivity contribution in [3.05, 3.63) is 70.7 Å². The van der Waals surface area contributed by atoms with Crippen LogP contribution in [0.5, 0.6) is 0 Å². The van der Waals surface area contributed by atoms with E-state index in [9.17, 15) is 9.90 Å². The van der Waals surface area contributed by atoms with Gasteiger partial charge in [0.25, 0.3) is 0 Å². The molecule has 0 aromatic heterocycles. The number of likely N-dealkylation sites (tertiary alicyclic amines) is 1. The molecular formula is C21H22ClNO3. The van der Waals surface area contributed by atoms with Gasteiger partial charge in [0.1, 0.15) is 0 Å². The van der Waals surface area contributed by atoms with Crippen molar-refractivity contribution in [2.24, 2.45) is 5.92 Å². The number of carbonyl (C=O) groups is 1. The van der Waals surface area contributed by atoms with Crippen LogP contribution >= 0.6 is 11.6 Å². The van der Waals surface area contributed by atoms with Crippen molar-refractivity contribution < 1.29 is 14.6 Å². The highest BCUT2D eigenvalue weighted by atomic mass is 35.5. The van der Waals surface area contributed by atoms with Crippen LogP contribution in [0.1, 0.15) is 23.5 Å². The molecule has 2 atom stereocenters. The quantitative estimate of drug-likeness (QED) is 0.889. The molecule has 2 aliphatic heterocycles. The smallest absolute Gasteiger partial charge is 0.307 e. The van der Waals surface area contributed by atoms with Crippen molar-refractivity contribution in [3.63, 3.8) is 0 Å². The largest absolute Gasteiger partial charge is 0.481 e. The molecular weight excluding hydrogens is 350 g/mol. The lowest BCUT2D eigenvalue weighted by molar-refractivity contribution is -0.164. The summed E-state index contributed by atoms with van der Waals surface area (Å²) < 4.78 is 5.60. The zero-order chi connectivity index (χ0) is 18.1. The normalized spacial score (nSPS) is 25.4. The lowest BCUT2D eigenvalue weighted by atomic mass is 9.77. The van der Waals surface area contributed by atoms with E-state index in [0.29, 0.717) is 31.2 Å². The average Bonchev–Trinajstić information content (AvgIpc) is 2.61. The van der Waals surface area contributed by atoms with Crippen LogP contribution in [0.25, 0.3) is 0 Å². The first-order chi connectivity index (χ1) is 12.6. The molecule has 26 heavy (non-hydrogen) atoms. The van der Waals surface area contributed by atoms with Crippen molar-refractivity contribution in [1.82, 2.24) is 4.90 Å². The van der Waals surface area contributed by atoms with Gasteiger partial charge < -0.3 is 9.84 Å². The fraction of sp³-hybridized carbons (Fsp3) is 0.381. The maximum Gasteiger partial charge on any atom is 0.307 e. The average molecular weight is 372 g/mol. The van der Waals surface area contributed by atoms with Crippen LogP contribution in [0.15, 0.2) is 54.6 Å². The highest BCUT2D eigenvalue weighted by Crippen LogP contribution is 2.43. The summed E-state index contributed by atoms with van der Waals surface area (Å²) in [6, 6.07) is 17.9. The highest BCUT2D eigenvalue weighted by molar-refractivity contribution is 6.30. The Morgan fingerprint density at radius 2 is 1.92 bits per heavy atom. The third kappa shape index (κ3) is 3.02. The van der Waals surface area contributed by atoms with Crippen molar-refractivity contribution in [2.45, 2.75) is 17.9 Å². The number of ether oxygens (including phenoxy) is 1. The van der Waals surface area contributed by atoms with Crippen molar-refractivity contribution in [2.75, 3.05) is 26.3 Å². The molecule has 2 saturated heterocycles. The molecule has 2 aliphatic rings. The predicted octanol–water partition coefficient (Wildman–Crippen LogP) is 3.76. The van der Waals surface area contributed by atoms with E-state index in [2.05, 4.69) is 11.0 Å². The number of hydrogen-bond donors (Lipinski definition) is 1. The Balaban J connectivity index is 1.66. The van der Waals surface area contributed by atoms with Gasteiger partial charge in [-0.2, -0.15) is 0 Å². The third-order valence-electron chi connectivity index (χ3n) is 5.81. The lowest BCUT2D eigenvalue weighted by Gasteiger charge is -2.53. The first kappa shape index (κ1) is 17.5. The second-order valence-electron chi connectivity index (χ2n) is 7.23. The summed E-state index contributed by atoms with van der Waals surface area (Å²) in [5.41, 5.74) is 2.03. The molecule has 0 radical (unpaired) electrons. The maximum absolute atomic E-state index is 11.8. The molecule has 5 heteroatoms. The Bertz CT molecular complexity index is 791. The number of carboxylic acid groups (broad SMARTS) is 1.